The molecule has 3 aromatic rings. The quantitative estimate of drug-likeness (QED) is 0.645. The number of fused-ring (bicyclic) bond motifs is 1. The van der Waals surface area contributed by atoms with Crippen molar-refractivity contribution in [3.63, 3.8) is 0 Å². The maximum absolute atomic E-state index is 13.0. The van der Waals surface area contributed by atoms with Crippen molar-refractivity contribution in [2.75, 3.05) is 26.2 Å². The number of thiazole rings is 1. The van der Waals surface area contributed by atoms with E-state index in [4.69, 9.17) is 4.98 Å². The van der Waals surface area contributed by atoms with Crippen LogP contribution in [0.1, 0.15) is 47.4 Å². The second-order valence-corrected chi connectivity index (χ2v) is 9.73. The first kappa shape index (κ1) is 20.7. The van der Waals surface area contributed by atoms with E-state index >= 15 is 0 Å². The summed E-state index contributed by atoms with van der Waals surface area (Å²) in [6.45, 7) is 11.9. The molecule has 30 heavy (non-hydrogen) atoms. The van der Waals surface area contributed by atoms with Crippen molar-refractivity contribution in [1.29, 1.82) is 0 Å². The lowest BCUT2D eigenvalue weighted by Gasteiger charge is -2.34. The van der Waals surface area contributed by atoms with Crippen molar-refractivity contribution in [2.45, 2.75) is 39.7 Å². The number of hydrogen-bond donors (Lipinski definition) is 0. The number of carbonyl (C=O) groups is 1. The highest BCUT2D eigenvalue weighted by Crippen LogP contribution is 2.26. The first-order valence-corrected chi connectivity index (χ1v) is 11.0. The Morgan fingerprint density at radius 3 is 2.57 bits per heavy atom. The van der Waals surface area contributed by atoms with Crippen LogP contribution in [0.15, 0.2) is 34.7 Å². The number of aryl methyl sites for hydroxylation is 1. The van der Waals surface area contributed by atoms with E-state index in [9.17, 15) is 9.59 Å². The average molecular weight is 426 g/mol. The van der Waals surface area contributed by atoms with Crippen LogP contribution in [-0.2, 0) is 12.0 Å². The standard InChI is InChI=1S/C22H27N5O2S/c1-15-5-6-18-23-11-17(20(29)27(18)12-15)19(28)26-9-7-25(8-10-26)13-16-14-30-21(24-16)22(2,3)4/h5-6,11-12,14H,7-10,13H2,1-4H3. The predicted molar refractivity (Wildman–Crippen MR) is 118 cm³/mol. The molecular weight excluding hydrogens is 398 g/mol. The molecule has 4 heterocycles. The Morgan fingerprint density at radius 2 is 1.90 bits per heavy atom. The van der Waals surface area contributed by atoms with Gasteiger partial charge in [-0.1, -0.05) is 26.8 Å². The number of piperazine rings is 1. The van der Waals surface area contributed by atoms with Crippen LogP contribution in [0.2, 0.25) is 0 Å². The molecule has 0 atom stereocenters. The fourth-order valence-electron chi connectivity index (χ4n) is 3.56. The maximum Gasteiger partial charge on any atom is 0.270 e. The first-order chi connectivity index (χ1) is 14.2. The number of aromatic nitrogens is 3. The normalized spacial score (nSPS) is 15.7. The molecule has 0 unspecified atom stereocenters. The number of pyridine rings is 1. The molecule has 7 nitrogen and oxygen atoms in total. The van der Waals surface area contributed by atoms with Gasteiger partial charge >= 0.3 is 0 Å². The molecule has 0 spiro atoms. The van der Waals surface area contributed by atoms with Gasteiger partial charge in [0, 0.05) is 55.9 Å². The van der Waals surface area contributed by atoms with Gasteiger partial charge in [0.15, 0.2) is 0 Å². The molecule has 1 aliphatic rings. The lowest BCUT2D eigenvalue weighted by atomic mass is 9.98. The third kappa shape index (κ3) is 4.15. The zero-order valence-electron chi connectivity index (χ0n) is 17.9. The minimum Gasteiger partial charge on any atom is -0.336 e. The zero-order valence-corrected chi connectivity index (χ0v) is 18.7. The highest BCUT2D eigenvalue weighted by atomic mass is 32.1. The lowest BCUT2D eigenvalue weighted by molar-refractivity contribution is 0.0625. The molecule has 0 N–H and O–H groups in total. The number of carbonyl (C=O) groups excluding carboxylic acids is 1. The van der Waals surface area contributed by atoms with Crippen molar-refractivity contribution >= 4 is 22.9 Å². The van der Waals surface area contributed by atoms with E-state index < -0.39 is 0 Å². The maximum atomic E-state index is 13.0. The van der Waals surface area contributed by atoms with Crippen molar-refractivity contribution in [3.05, 3.63) is 62.1 Å². The molecule has 1 aliphatic heterocycles. The number of hydrogen-bond acceptors (Lipinski definition) is 6. The van der Waals surface area contributed by atoms with Gasteiger partial charge in [-0.15, -0.1) is 11.3 Å². The number of amides is 1. The Morgan fingerprint density at radius 1 is 1.17 bits per heavy atom. The second-order valence-electron chi connectivity index (χ2n) is 8.87. The predicted octanol–water partition coefficient (Wildman–Crippen LogP) is 2.71. The Hall–Kier alpha value is -2.58. The summed E-state index contributed by atoms with van der Waals surface area (Å²) in [4.78, 5) is 38.9. The molecule has 0 radical (unpaired) electrons. The summed E-state index contributed by atoms with van der Waals surface area (Å²) < 4.78 is 1.45. The van der Waals surface area contributed by atoms with E-state index in [-0.39, 0.29) is 22.4 Å². The second kappa shape index (κ2) is 7.92. The number of nitrogens with zero attached hydrogens (tertiary/aromatic N) is 5. The monoisotopic (exact) mass is 425 g/mol. The topological polar surface area (TPSA) is 70.8 Å². The Bertz CT molecular complexity index is 1140. The van der Waals surface area contributed by atoms with Gasteiger partial charge in [-0.05, 0) is 18.6 Å². The molecule has 4 rings (SSSR count). The average Bonchev–Trinajstić information content (AvgIpc) is 3.18. The smallest absolute Gasteiger partial charge is 0.270 e. The zero-order chi connectivity index (χ0) is 21.5. The molecule has 1 amide bonds. The fraction of sp³-hybridized carbons (Fsp3) is 0.455. The molecule has 8 heteroatoms. The minimum atomic E-state index is -0.312. The SMILES string of the molecule is Cc1ccc2ncc(C(=O)N3CCN(Cc4csc(C(C)(C)C)n4)CC3)c(=O)n2c1. The van der Waals surface area contributed by atoms with E-state index in [0.29, 0.717) is 18.7 Å². The Labute approximate surface area is 180 Å². The van der Waals surface area contributed by atoms with Gasteiger partial charge in [0.2, 0.25) is 0 Å². The largest absolute Gasteiger partial charge is 0.336 e. The molecular formula is C22H27N5O2S. The molecule has 0 saturated carbocycles. The van der Waals surface area contributed by atoms with E-state index in [1.165, 1.54) is 10.6 Å². The third-order valence-corrected chi connectivity index (χ3v) is 6.64. The van der Waals surface area contributed by atoms with Gasteiger partial charge in [-0.2, -0.15) is 0 Å². The van der Waals surface area contributed by atoms with Crippen LogP contribution in [0, 0.1) is 6.92 Å². The van der Waals surface area contributed by atoms with Crippen LogP contribution < -0.4 is 5.56 Å². The van der Waals surface area contributed by atoms with E-state index in [0.717, 1.165) is 35.9 Å². The molecule has 1 saturated heterocycles. The summed E-state index contributed by atoms with van der Waals surface area (Å²) in [5, 5.41) is 3.27. The van der Waals surface area contributed by atoms with Gasteiger partial charge in [-0.3, -0.25) is 18.9 Å². The van der Waals surface area contributed by atoms with Crippen LogP contribution in [-0.4, -0.2) is 56.3 Å². The van der Waals surface area contributed by atoms with Crippen LogP contribution in [0.4, 0.5) is 0 Å². The van der Waals surface area contributed by atoms with E-state index in [1.54, 1.807) is 28.5 Å². The molecule has 0 aromatic carbocycles. The van der Waals surface area contributed by atoms with Gasteiger partial charge in [0.25, 0.3) is 11.5 Å². The summed E-state index contributed by atoms with van der Waals surface area (Å²) in [6, 6.07) is 3.68. The molecule has 3 aromatic heterocycles. The van der Waals surface area contributed by atoms with Gasteiger partial charge < -0.3 is 4.90 Å². The highest BCUT2D eigenvalue weighted by Gasteiger charge is 2.25. The fourth-order valence-corrected chi connectivity index (χ4v) is 4.46. The summed E-state index contributed by atoms with van der Waals surface area (Å²) >= 11 is 1.70. The summed E-state index contributed by atoms with van der Waals surface area (Å²) in [5.41, 5.74) is 2.45. The Kier molecular flexibility index (Phi) is 5.46. The van der Waals surface area contributed by atoms with Crippen molar-refractivity contribution < 1.29 is 4.79 Å². The van der Waals surface area contributed by atoms with Crippen LogP contribution in [0.3, 0.4) is 0 Å². The van der Waals surface area contributed by atoms with Gasteiger partial charge in [0.05, 0.1) is 10.7 Å². The van der Waals surface area contributed by atoms with Crippen molar-refractivity contribution in [1.82, 2.24) is 24.2 Å². The highest BCUT2D eigenvalue weighted by molar-refractivity contribution is 7.09. The Balaban J connectivity index is 1.42. The lowest BCUT2D eigenvalue weighted by Crippen LogP contribution is -2.49. The molecule has 0 bridgehead atoms. The van der Waals surface area contributed by atoms with Gasteiger partial charge in [-0.25, -0.2) is 9.97 Å². The van der Waals surface area contributed by atoms with Crippen LogP contribution in [0.25, 0.3) is 5.65 Å². The number of rotatable bonds is 3. The van der Waals surface area contributed by atoms with Crippen molar-refractivity contribution in [2.24, 2.45) is 0 Å². The van der Waals surface area contributed by atoms with Crippen LogP contribution in [0.5, 0.6) is 0 Å². The summed E-state index contributed by atoms with van der Waals surface area (Å²) in [7, 11) is 0. The van der Waals surface area contributed by atoms with Crippen molar-refractivity contribution in [3.8, 4) is 0 Å². The van der Waals surface area contributed by atoms with Crippen LogP contribution >= 0.6 is 11.3 Å². The minimum absolute atomic E-state index is 0.0640. The molecule has 1 fully saturated rings. The van der Waals surface area contributed by atoms with E-state index in [2.05, 4.69) is 36.0 Å². The first-order valence-electron chi connectivity index (χ1n) is 10.2. The molecule has 158 valence electrons. The third-order valence-electron chi connectivity index (χ3n) is 5.32. The molecule has 0 aliphatic carbocycles. The van der Waals surface area contributed by atoms with E-state index in [1.807, 2.05) is 13.0 Å². The summed E-state index contributed by atoms with van der Waals surface area (Å²) in [6.07, 6.45) is 3.13. The van der Waals surface area contributed by atoms with Gasteiger partial charge in [0.1, 0.15) is 11.2 Å². The summed E-state index contributed by atoms with van der Waals surface area (Å²) in [5.74, 6) is -0.244.